The van der Waals surface area contributed by atoms with Crippen molar-refractivity contribution in [2.75, 3.05) is 0 Å². The normalized spacial score (nSPS) is 19.0. The van der Waals surface area contributed by atoms with Gasteiger partial charge in [-0.3, -0.25) is 4.79 Å². The molecule has 3 nitrogen and oxygen atoms in total. The lowest BCUT2D eigenvalue weighted by atomic mass is 9.94. The molecule has 2 aromatic rings. The molecule has 80 valence electrons. The third-order valence-electron chi connectivity index (χ3n) is 2.88. The fraction of sp³-hybridized carbons (Fsp3) is 0.154. The summed E-state index contributed by atoms with van der Waals surface area (Å²) in [4.78, 5) is 11.8. The highest BCUT2D eigenvalue weighted by Gasteiger charge is 2.26. The van der Waals surface area contributed by atoms with Crippen LogP contribution in [0.5, 0.6) is 0 Å². The van der Waals surface area contributed by atoms with Gasteiger partial charge in [0.25, 0.3) is 5.91 Å². The van der Waals surface area contributed by atoms with Gasteiger partial charge in [0.05, 0.1) is 12.3 Å². The summed E-state index contributed by atoms with van der Waals surface area (Å²) in [5.41, 5.74) is 1.85. The molecule has 1 N–H and O–H groups in total. The number of amides is 1. The van der Waals surface area contributed by atoms with E-state index in [9.17, 15) is 4.79 Å². The van der Waals surface area contributed by atoms with Crippen LogP contribution < -0.4 is 5.32 Å². The first-order chi connectivity index (χ1) is 7.84. The van der Waals surface area contributed by atoms with E-state index in [4.69, 9.17) is 4.42 Å². The molecule has 1 aliphatic heterocycles. The zero-order valence-corrected chi connectivity index (χ0v) is 8.64. The Morgan fingerprint density at radius 3 is 2.88 bits per heavy atom. The highest BCUT2D eigenvalue weighted by atomic mass is 16.3. The van der Waals surface area contributed by atoms with Crippen LogP contribution in [-0.4, -0.2) is 5.91 Å². The van der Waals surface area contributed by atoms with Crippen LogP contribution in [0.2, 0.25) is 0 Å². The monoisotopic (exact) mass is 213 g/mol. The summed E-state index contributed by atoms with van der Waals surface area (Å²) in [5.74, 6) is 0.783. The van der Waals surface area contributed by atoms with Crippen molar-refractivity contribution in [2.24, 2.45) is 0 Å². The number of carbonyl (C=O) groups excluding carboxylic acids is 1. The van der Waals surface area contributed by atoms with E-state index in [0.29, 0.717) is 0 Å². The Bertz CT molecular complexity index is 516. The van der Waals surface area contributed by atoms with E-state index in [0.717, 1.165) is 23.3 Å². The summed E-state index contributed by atoms with van der Waals surface area (Å²) in [5, 5.41) is 2.94. The van der Waals surface area contributed by atoms with Crippen molar-refractivity contribution < 1.29 is 9.21 Å². The molecule has 0 radical (unpaired) electrons. The Balaban J connectivity index is 1.98. The lowest BCUT2D eigenvalue weighted by Crippen LogP contribution is -2.35. The Morgan fingerprint density at radius 1 is 1.19 bits per heavy atom. The summed E-state index contributed by atoms with van der Waals surface area (Å²) < 4.78 is 5.32. The summed E-state index contributed by atoms with van der Waals surface area (Å²) in [6.07, 6.45) is 2.41. The number of benzene rings is 1. The van der Waals surface area contributed by atoms with Gasteiger partial charge in [-0.15, -0.1) is 0 Å². The molecule has 0 unspecified atom stereocenters. The molecule has 0 saturated carbocycles. The van der Waals surface area contributed by atoms with Gasteiger partial charge < -0.3 is 9.73 Å². The van der Waals surface area contributed by atoms with Gasteiger partial charge in [-0.05, 0) is 23.8 Å². The van der Waals surface area contributed by atoms with Crippen molar-refractivity contribution in [3.63, 3.8) is 0 Å². The number of furan rings is 1. The number of nitrogens with one attached hydrogen (secondary N) is 1. The highest BCUT2D eigenvalue weighted by Crippen LogP contribution is 2.25. The lowest BCUT2D eigenvalue weighted by Gasteiger charge is -2.23. The van der Waals surface area contributed by atoms with Crippen molar-refractivity contribution in [1.29, 1.82) is 0 Å². The van der Waals surface area contributed by atoms with E-state index >= 15 is 0 Å². The molecule has 16 heavy (non-hydrogen) atoms. The van der Waals surface area contributed by atoms with Crippen molar-refractivity contribution in [1.82, 2.24) is 5.32 Å². The van der Waals surface area contributed by atoms with Crippen LogP contribution >= 0.6 is 0 Å². The van der Waals surface area contributed by atoms with Crippen LogP contribution in [0.15, 0.2) is 47.1 Å². The second kappa shape index (κ2) is 3.52. The largest absolute Gasteiger partial charge is 0.467 e. The standard InChI is InChI=1S/C13H11NO2/c15-13-10-5-2-1-4-9(10)8-11(14-13)12-6-3-7-16-12/h1-7,11H,8H2,(H,14,15)/t11-/m1/s1. The summed E-state index contributed by atoms with van der Waals surface area (Å²) in [6, 6.07) is 11.4. The van der Waals surface area contributed by atoms with Crippen molar-refractivity contribution in [3.8, 4) is 0 Å². The second-order valence-corrected chi connectivity index (χ2v) is 3.90. The van der Waals surface area contributed by atoms with E-state index in [2.05, 4.69) is 5.32 Å². The zero-order chi connectivity index (χ0) is 11.0. The minimum absolute atomic E-state index is 0.0248. The van der Waals surface area contributed by atoms with Gasteiger partial charge >= 0.3 is 0 Å². The van der Waals surface area contributed by atoms with Gasteiger partial charge in [0.2, 0.25) is 0 Å². The summed E-state index contributed by atoms with van der Waals surface area (Å²) >= 11 is 0. The molecule has 1 aromatic heterocycles. The van der Waals surface area contributed by atoms with Crippen molar-refractivity contribution in [2.45, 2.75) is 12.5 Å². The van der Waals surface area contributed by atoms with Gasteiger partial charge in [-0.1, -0.05) is 18.2 Å². The molecule has 0 aliphatic carbocycles. The molecular weight excluding hydrogens is 202 g/mol. The number of hydrogen-bond donors (Lipinski definition) is 1. The third kappa shape index (κ3) is 1.41. The predicted molar refractivity (Wildman–Crippen MR) is 59.1 cm³/mol. The third-order valence-corrected chi connectivity index (χ3v) is 2.88. The van der Waals surface area contributed by atoms with Crippen LogP contribution in [-0.2, 0) is 6.42 Å². The maximum absolute atomic E-state index is 11.8. The van der Waals surface area contributed by atoms with Gasteiger partial charge in [0, 0.05) is 12.0 Å². The molecule has 0 fully saturated rings. The van der Waals surface area contributed by atoms with E-state index in [1.165, 1.54) is 0 Å². The van der Waals surface area contributed by atoms with E-state index in [-0.39, 0.29) is 11.9 Å². The molecule has 1 amide bonds. The molecule has 1 atom stereocenters. The van der Waals surface area contributed by atoms with Crippen LogP contribution in [0.3, 0.4) is 0 Å². The number of fused-ring (bicyclic) bond motifs is 1. The Morgan fingerprint density at radius 2 is 2.06 bits per heavy atom. The minimum atomic E-state index is -0.0441. The number of rotatable bonds is 1. The molecular formula is C13H11NO2. The predicted octanol–water partition coefficient (Wildman–Crippen LogP) is 2.31. The van der Waals surface area contributed by atoms with Crippen molar-refractivity contribution >= 4 is 5.91 Å². The molecule has 3 rings (SSSR count). The zero-order valence-electron chi connectivity index (χ0n) is 8.64. The van der Waals surface area contributed by atoms with Crippen LogP contribution in [0.4, 0.5) is 0 Å². The first-order valence-corrected chi connectivity index (χ1v) is 5.27. The number of hydrogen-bond acceptors (Lipinski definition) is 2. The minimum Gasteiger partial charge on any atom is -0.467 e. The first kappa shape index (κ1) is 9.21. The second-order valence-electron chi connectivity index (χ2n) is 3.90. The average Bonchev–Trinajstić information content (AvgIpc) is 2.82. The molecule has 3 heteroatoms. The summed E-state index contributed by atoms with van der Waals surface area (Å²) in [6.45, 7) is 0. The van der Waals surface area contributed by atoms with Gasteiger partial charge in [-0.25, -0.2) is 0 Å². The smallest absolute Gasteiger partial charge is 0.252 e. The van der Waals surface area contributed by atoms with Crippen LogP contribution in [0.1, 0.15) is 27.7 Å². The molecule has 0 saturated heterocycles. The Labute approximate surface area is 93.1 Å². The highest BCUT2D eigenvalue weighted by molar-refractivity contribution is 5.97. The van der Waals surface area contributed by atoms with E-state index < -0.39 is 0 Å². The van der Waals surface area contributed by atoms with Crippen molar-refractivity contribution in [3.05, 3.63) is 59.5 Å². The number of carbonyl (C=O) groups is 1. The average molecular weight is 213 g/mol. The van der Waals surface area contributed by atoms with Gasteiger partial charge in [-0.2, -0.15) is 0 Å². The Kier molecular flexibility index (Phi) is 2.03. The fourth-order valence-electron chi connectivity index (χ4n) is 2.09. The molecule has 1 aliphatic rings. The van der Waals surface area contributed by atoms with E-state index in [1.807, 2.05) is 36.4 Å². The fourth-order valence-corrected chi connectivity index (χ4v) is 2.09. The molecule has 0 spiro atoms. The molecule has 1 aromatic carbocycles. The SMILES string of the molecule is O=C1N[C@@H](c2ccco2)Cc2ccccc21. The topological polar surface area (TPSA) is 42.2 Å². The van der Waals surface area contributed by atoms with Crippen LogP contribution in [0.25, 0.3) is 0 Å². The maximum Gasteiger partial charge on any atom is 0.252 e. The maximum atomic E-state index is 11.8. The Hall–Kier alpha value is -2.03. The molecule has 2 heterocycles. The first-order valence-electron chi connectivity index (χ1n) is 5.27. The molecule has 0 bridgehead atoms. The quantitative estimate of drug-likeness (QED) is 0.789. The van der Waals surface area contributed by atoms with Gasteiger partial charge in [0.15, 0.2) is 0 Å². The van der Waals surface area contributed by atoms with E-state index in [1.54, 1.807) is 6.26 Å². The summed E-state index contributed by atoms with van der Waals surface area (Å²) in [7, 11) is 0. The lowest BCUT2D eigenvalue weighted by molar-refractivity contribution is 0.0919. The van der Waals surface area contributed by atoms with Crippen LogP contribution in [0, 0.1) is 0 Å². The van der Waals surface area contributed by atoms with Gasteiger partial charge in [0.1, 0.15) is 5.76 Å².